The summed E-state index contributed by atoms with van der Waals surface area (Å²) in [5, 5.41) is 16.5. The van der Waals surface area contributed by atoms with E-state index in [1.165, 1.54) is 0 Å². The van der Waals surface area contributed by atoms with Crippen molar-refractivity contribution in [3.63, 3.8) is 0 Å². The molecule has 0 radical (unpaired) electrons. The molecule has 1 saturated heterocycles. The van der Waals surface area contributed by atoms with E-state index >= 15 is 0 Å². The Morgan fingerprint density at radius 3 is 2.85 bits per heavy atom. The molecule has 4 rings (SSSR count). The number of pyridine rings is 2. The van der Waals surface area contributed by atoms with Crippen molar-refractivity contribution in [2.45, 2.75) is 31.7 Å². The van der Waals surface area contributed by atoms with Gasteiger partial charge in [-0.1, -0.05) is 12.1 Å². The molecule has 0 saturated carbocycles. The first kappa shape index (κ1) is 16.9. The largest absolute Gasteiger partial charge is 0.386 e. The Morgan fingerprint density at radius 2 is 2.12 bits per heavy atom. The minimum atomic E-state index is -0.946. The molecular formula is C19H22FN5O. The summed E-state index contributed by atoms with van der Waals surface area (Å²) in [6, 6.07) is 9.08. The maximum absolute atomic E-state index is 13.8. The van der Waals surface area contributed by atoms with Crippen LogP contribution in [0.4, 0.5) is 10.2 Å². The van der Waals surface area contributed by atoms with Gasteiger partial charge >= 0.3 is 0 Å². The fourth-order valence-electron chi connectivity index (χ4n) is 3.17. The topological polar surface area (TPSA) is 74.5 Å². The number of imidazole rings is 1. The molecular weight excluding hydrogens is 333 g/mol. The second kappa shape index (κ2) is 6.34. The van der Waals surface area contributed by atoms with Crippen LogP contribution in [0.25, 0.3) is 17.0 Å². The van der Waals surface area contributed by atoms with Crippen LogP contribution >= 0.6 is 0 Å². The van der Waals surface area contributed by atoms with E-state index in [2.05, 4.69) is 20.6 Å². The van der Waals surface area contributed by atoms with Crippen LogP contribution in [-0.2, 0) is 5.60 Å². The first-order valence-electron chi connectivity index (χ1n) is 8.70. The summed E-state index contributed by atoms with van der Waals surface area (Å²) in [6.07, 6.45) is 2.70. The van der Waals surface area contributed by atoms with Crippen LogP contribution in [0.1, 0.15) is 19.4 Å². The van der Waals surface area contributed by atoms with Crippen molar-refractivity contribution in [2.75, 3.05) is 18.4 Å². The van der Waals surface area contributed by atoms with Gasteiger partial charge in [-0.05, 0) is 37.6 Å². The van der Waals surface area contributed by atoms with Crippen LogP contribution in [0.2, 0.25) is 0 Å². The molecule has 7 heteroatoms. The molecule has 2 unspecified atom stereocenters. The van der Waals surface area contributed by atoms with Gasteiger partial charge in [-0.2, -0.15) is 0 Å². The van der Waals surface area contributed by atoms with Crippen LogP contribution in [0.3, 0.4) is 0 Å². The Balaban J connectivity index is 1.70. The monoisotopic (exact) mass is 355 g/mol. The maximum Gasteiger partial charge on any atom is 0.137 e. The van der Waals surface area contributed by atoms with Crippen molar-refractivity contribution in [3.8, 4) is 11.4 Å². The van der Waals surface area contributed by atoms with Crippen molar-refractivity contribution < 1.29 is 9.50 Å². The SMILES string of the molecule is CC(C)(O)c1ccc2ncc(-c3cccc(NC4CNCC4F)n3)n2c1. The molecule has 1 aliphatic heterocycles. The maximum atomic E-state index is 13.8. The zero-order valence-electron chi connectivity index (χ0n) is 14.8. The van der Waals surface area contributed by atoms with E-state index in [1.807, 2.05) is 40.9 Å². The zero-order valence-corrected chi connectivity index (χ0v) is 14.8. The number of nitrogens with zero attached hydrogens (tertiary/aromatic N) is 3. The molecule has 2 atom stereocenters. The van der Waals surface area contributed by atoms with E-state index < -0.39 is 11.8 Å². The van der Waals surface area contributed by atoms with Crippen LogP contribution in [0.5, 0.6) is 0 Å². The average molecular weight is 355 g/mol. The van der Waals surface area contributed by atoms with Crippen LogP contribution in [-0.4, -0.2) is 44.8 Å². The first-order valence-corrected chi connectivity index (χ1v) is 8.70. The fourth-order valence-corrected chi connectivity index (χ4v) is 3.17. The molecule has 0 spiro atoms. The van der Waals surface area contributed by atoms with Gasteiger partial charge in [0.15, 0.2) is 0 Å². The summed E-state index contributed by atoms with van der Waals surface area (Å²) in [7, 11) is 0. The highest BCUT2D eigenvalue weighted by Gasteiger charge is 2.26. The van der Waals surface area contributed by atoms with Gasteiger partial charge in [0.2, 0.25) is 0 Å². The van der Waals surface area contributed by atoms with Gasteiger partial charge in [-0.15, -0.1) is 0 Å². The molecule has 4 heterocycles. The molecule has 0 aliphatic carbocycles. The van der Waals surface area contributed by atoms with Gasteiger partial charge in [0.05, 0.1) is 29.2 Å². The molecule has 3 aromatic heterocycles. The van der Waals surface area contributed by atoms with E-state index in [9.17, 15) is 9.50 Å². The molecule has 1 aliphatic rings. The average Bonchev–Trinajstić information content (AvgIpc) is 3.20. The van der Waals surface area contributed by atoms with Gasteiger partial charge < -0.3 is 15.7 Å². The first-order chi connectivity index (χ1) is 12.4. The number of halogens is 1. The van der Waals surface area contributed by atoms with Crippen LogP contribution in [0, 0.1) is 0 Å². The molecule has 26 heavy (non-hydrogen) atoms. The van der Waals surface area contributed by atoms with Crippen molar-refractivity contribution in [1.82, 2.24) is 19.7 Å². The third-order valence-corrected chi connectivity index (χ3v) is 4.70. The van der Waals surface area contributed by atoms with Crippen molar-refractivity contribution in [3.05, 3.63) is 48.3 Å². The molecule has 136 valence electrons. The highest BCUT2D eigenvalue weighted by atomic mass is 19.1. The molecule has 3 N–H and O–H groups in total. The van der Waals surface area contributed by atoms with Crippen LogP contribution < -0.4 is 10.6 Å². The van der Waals surface area contributed by atoms with E-state index in [1.54, 1.807) is 20.0 Å². The Morgan fingerprint density at radius 1 is 1.27 bits per heavy atom. The van der Waals surface area contributed by atoms with Crippen molar-refractivity contribution >= 4 is 11.5 Å². The molecule has 0 bridgehead atoms. The quantitative estimate of drug-likeness (QED) is 0.670. The molecule has 0 amide bonds. The van der Waals surface area contributed by atoms with Crippen molar-refractivity contribution in [2.24, 2.45) is 0 Å². The molecule has 6 nitrogen and oxygen atoms in total. The summed E-state index contributed by atoms with van der Waals surface area (Å²) >= 11 is 0. The van der Waals surface area contributed by atoms with Gasteiger partial charge in [0.25, 0.3) is 0 Å². The number of fused-ring (bicyclic) bond motifs is 1. The lowest BCUT2D eigenvalue weighted by Crippen LogP contribution is -2.29. The fraction of sp³-hybridized carbons (Fsp3) is 0.368. The minimum absolute atomic E-state index is 0.276. The number of alkyl halides is 1. The third kappa shape index (κ3) is 3.15. The highest BCUT2D eigenvalue weighted by Crippen LogP contribution is 2.25. The standard InChI is InChI=1S/C19H22FN5O/c1-19(2,26)12-6-7-18-22-10-16(25(18)11-12)14-4-3-5-17(23-14)24-15-9-21-8-13(15)20/h3-7,10-11,13,15,21,26H,8-9H2,1-2H3,(H,23,24). The van der Waals surface area contributed by atoms with E-state index in [-0.39, 0.29) is 6.04 Å². The second-order valence-electron chi connectivity index (χ2n) is 7.18. The van der Waals surface area contributed by atoms with Crippen LogP contribution in [0.15, 0.2) is 42.7 Å². The summed E-state index contributed by atoms with van der Waals surface area (Å²) in [4.78, 5) is 9.04. The van der Waals surface area contributed by atoms with Gasteiger partial charge in [0.1, 0.15) is 17.6 Å². The Kier molecular flexibility index (Phi) is 4.13. The number of aliphatic hydroxyl groups is 1. The summed E-state index contributed by atoms with van der Waals surface area (Å²) in [5.41, 5.74) is 2.17. The van der Waals surface area contributed by atoms with Gasteiger partial charge in [-0.3, -0.25) is 4.40 Å². The number of anilines is 1. The van der Waals surface area contributed by atoms with E-state index in [0.29, 0.717) is 18.9 Å². The predicted octanol–water partition coefficient (Wildman–Crippen LogP) is 2.35. The second-order valence-corrected chi connectivity index (χ2v) is 7.18. The summed E-state index contributed by atoms with van der Waals surface area (Å²) in [5.74, 6) is 0.632. The number of nitrogens with one attached hydrogen (secondary N) is 2. The van der Waals surface area contributed by atoms with Gasteiger partial charge in [-0.25, -0.2) is 14.4 Å². The van der Waals surface area contributed by atoms with Gasteiger partial charge in [0, 0.05) is 19.3 Å². The normalized spacial score (nSPS) is 20.6. The molecule has 1 fully saturated rings. The zero-order chi connectivity index (χ0) is 18.3. The van der Waals surface area contributed by atoms with E-state index in [0.717, 1.165) is 22.6 Å². The summed E-state index contributed by atoms with van der Waals surface area (Å²) in [6.45, 7) is 4.44. The Hall–Kier alpha value is -2.51. The smallest absolute Gasteiger partial charge is 0.137 e. The lowest BCUT2D eigenvalue weighted by Gasteiger charge is -2.18. The predicted molar refractivity (Wildman–Crippen MR) is 98.8 cm³/mol. The number of hydrogen-bond acceptors (Lipinski definition) is 5. The third-order valence-electron chi connectivity index (χ3n) is 4.70. The van der Waals surface area contributed by atoms with E-state index in [4.69, 9.17) is 0 Å². The summed E-state index contributed by atoms with van der Waals surface area (Å²) < 4.78 is 15.7. The number of aromatic nitrogens is 3. The molecule has 3 aromatic rings. The number of rotatable bonds is 4. The van der Waals surface area contributed by atoms with Crippen molar-refractivity contribution in [1.29, 1.82) is 0 Å². The highest BCUT2D eigenvalue weighted by molar-refractivity contribution is 5.62. The molecule has 0 aromatic carbocycles. The Labute approximate surface area is 151 Å². The lowest BCUT2D eigenvalue weighted by molar-refractivity contribution is 0.0781. The Bertz CT molecular complexity index is 933. The lowest BCUT2D eigenvalue weighted by atomic mass is 10.0. The minimum Gasteiger partial charge on any atom is -0.386 e. The number of hydrogen-bond donors (Lipinski definition) is 3.